The molecule has 5 nitrogen and oxygen atoms in total. The number of thioether (sulfide) groups is 1. The van der Waals surface area contributed by atoms with Gasteiger partial charge in [0.15, 0.2) is 0 Å². The van der Waals surface area contributed by atoms with Gasteiger partial charge in [-0.05, 0) is 43.3 Å². The predicted molar refractivity (Wildman–Crippen MR) is 103 cm³/mol. The molecule has 3 aromatic rings. The SMILES string of the molecule is CCN(C(=O)CSc1nnc(-c2ccc(Br)cc2)o1)c1ccccc1. The number of carbonyl (C=O) groups is 1. The van der Waals surface area contributed by atoms with Gasteiger partial charge >= 0.3 is 0 Å². The number of anilines is 1. The van der Waals surface area contributed by atoms with Crippen molar-refractivity contribution < 1.29 is 9.21 Å². The Morgan fingerprint density at radius 1 is 1.12 bits per heavy atom. The Morgan fingerprint density at radius 2 is 1.84 bits per heavy atom. The highest BCUT2D eigenvalue weighted by Gasteiger charge is 2.16. The third-order valence-electron chi connectivity index (χ3n) is 3.50. The number of hydrogen-bond donors (Lipinski definition) is 0. The lowest BCUT2D eigenvalue weighted by Gasteiger charge is -2.20. The monoisotopic (exact) mass is 417 g/mol. The van der Waals surface area contributed by atoms with Crippen LogP contribution in [0.4, 0.5) is 5.69 Å². The number of amides is 1. The highest BCUT2D eigenvalue weighted by molar-refractivity contribution is 9.10. The first-order valence-electron chi connectivity index (χ1n) is 7.75. The average molecular weight is 418 g/mol. The zero-order chi connectivity index (χ0) is 17.6. The number of nitrogens with zero attached hydrogens (tertiary/aromatic N) is 3. The number of hydrogen-bond acceptors (Lipinski definition) is 5. The van der Waals surface area contributed by atoms with Crippen LogP contribution in [0.3, 0.4) is 0 Å². The van der Waals surface area contributed by atoms with Crippen LogP contribution in [0.1, 0.15) is 6.92 Å². The summed E-state index contributed by atoms with van der Waals surface area (Å²) >= 11 is 4.64. The zero-order valence-corrected chi connectivity index (χ0v) is 16.0. The molecule has 128 valence electrons. The van der Waals surface area contributed by atoms with Gasteiger partial charge < -0.3 is 9.32 Å². The first kappa shape index (κ1) is 17.7. The van der Waals surface area contributed by atoms with Crippen molar-refractivity contribution >= 4 is 39.3 Å². The summed E-state index contributed by atoms with van der Waals surface area (Å²) in [6, 6.07) is 17.2. The first-order valence-corrected chi connectivity index (χ1v) is 9.53. The van der Waals surface area contributed by atoms with E-state index < -0.39 is 0 Å². The van der Waals surface area contributed by atoms with Crippen molar-refractivity contribution in [3.63, 3.8) is 0 Å². The van der Waals surface area contributed by atoms with Gasteiger partial charge in [0.05, 0.1) is 5.75 Å². The van der Waals surface area contributed by atoms with E-state index in [1.165, 1.54) is 11.8 Å². The molecule has 0 N–H and O–H groups in total. The van der Waals surface area contributed by atoms with Crippen LogP contribution >= 0.6 is 27.7 Å². The van der Waals surface area contributed by atoms with Gasteiger partial charge in [0.25, 0.3) is 5.22 Å². The maximum Gasteiger partial charge on any atom is 0.277 e. The summed E-state index contributed by atoms with van der Waals surface area (Å²) in [5.74, 6) is 0.685. The summed E-state index contributed by atoms with van der Waals surface area (Å²) < 4.78 is 6.62. The van der Waals surface area contributed by atoms with E-state index in [-0.39, 0.29) is 11.7 Å². The summed E-state index contributed by atoms with van der Waals surface area (Å²) in [6.07, 6.45) is 0. The van der Waals surface area contributed by atoms with Gasteiger partial charge in [-0.1, -0.05) is 45.9 Å². The molecule has 25 heavy (non-hydrogen) atoms. The van der Waals surface area contributed by atoms with Gasteiger partial charge in [-0.15, -0.1) is 10.2 Å². The number of rotatable bonds is 6. The second-order valence-electron chi connectivity index (χ2n) is 5.14. The Balaban J connectivity index is 1.63. The van der Waals surface area contributed by atoms with E-state index in [9.17, 15) is 4.79 Å². The van der Waals surface area contributed by atoms with Gasteiger partial charge in [0.1, 0.15) is 0 Å². The van der Waals surface area contributed by atoms with Gasteiger partial charge in [-0.2, -0.15) is 0 Å². The molecule has 0 radical (unpaired) electrons. The van der Waals surface area contributed by atoms with E-state index in [4.69, 9.17) is 4.42 Å². The Bertz CT molecular complexity index is 837. The van der Waals surface area contributed by atoms with Crippen LogP contribution in [0.2, 0.25) is 0 Å². The molecule has 0 atom stereocenters. The van der Waals surface area contributed by atoms with E-state index in [1.54, 1.807) is 4.90 Å². The number of carbonyl (C=O) groups excluding carboxylic acids is 1. The quantitative estimate of drug-likeness (QED) is 0.546. The zero-order valence-electron chi connectivity index (χ0n) is 13.6. The fraction of sp³-hybridized carbons (Fsp3) is 0.167. The molecule has 0 aliphatic carbocycles. The smallest absolute Gasteiger partial charge is 0.277 e. The molecule has 0 saturated carbocycles. The minimum atomic E-state index is 0.00194. The second-order valence-corrected chi connectivity index (χ2v) is 6.98. The molecule has 7 heteroatoms. The molecule has 1 heterocycles. The summed E-state index contributed by atoms with van der Waals surface area (Å²) in [7, 11) is 0. The molecule has 0 bridgehead atoms. The number of para-hydroxylation sites is 1. The Kier molecular flexibility index (Phi) is 5.88. The third kappa shape index (κ3) is 4.49. The standard InChI is InChI=1S/C18H16BrN3O2S/c1-2-22(15-6-4-3-5-7-15)16(23)12-25-18-21-20-17(24-18)13-8-10-14(19)11-9-13/h3-11H,2,12H2,1H3. The molecular formula is C18H16BrN3O2S. The highest BCUT2D eigenvalue weighted by Crippen LogP contribution is 2.25. The predicted octanol–water partition coefficient (Wildman–Crippen LogP) is 4.64. The molecule has 2 aromatic carbocycles. The fourth-order valence-electron chi connectivity index (χ4n) is 2.29. The molecule has 0 saturated heterocycles. The van der Waals surface area contributed by atoms with Crippen molar-refractivity contribution in [1.29, 1.82) is 0 Å². The average Bonchev–Trinajstić information content (AvgIpc) is 3.11. The van der Waals surface area contributed by atoms with Crippen molar-refractivity contribution in [2.45, 2.75) is 12.1 Å². The van der Waals surface area contributed by atoms with Gasteiger partial charge in [0.2, 0.25) is 11.8 Å². The third-order valence-corrected chi connectivity index (χ3v) is 4.83. The molecule has 3 rings (SSSR count). The van der Waals surface area contributed by atoms with E-state index in [0.29, 0.717) is 17.7 Å². The lowest BCUT2D eigenvalue weighted by Crippen LogP contribution is -2.32. The second kappa shape index (κ2) is 8.31. The van der Waals surface area contributed by atoms with Crippen molar-refractivity contribution in [3.8, 4) is 11.5 Å². The van der Waals surface area contributed by atoms with Crippen molar-refractivity contribution in [1.82, 2.24) is 10.2 Å². The minimum absolute atomic E-state index is 0.00194. The maximum absolute atomic E-state index is 12.5. The summed E-state index contributed by atoms with van der Waals surface area (Å²) in [5.41, 5.74) is 1.73. The fourth-order valence-corrected chi connectivity index (χ4v) is 3.19. The molecule has 0 spiro atoms. The normalized spacial score (nSPS) is 10.6. The van der Waals surface area contributed by atoms with Crippen molar-refractivity contribution in [2.75, 3.05) is 17.2 Å². The molecule has 0 fully saturated rings. The van der Waals surface area contributed by atoms with Crippen LogP contribution < -0.4 is 4.90 Å². The van der Waals surface area contributed by atoms with E-state index in [2.05, 4.69) is 26.1 Å². The van der Waals surface area contributed by atoms with E-state index in [1.807, 2.05) is 61.5 Å². The molecule has 0 aliphatic rings. The number of halogens is 1. The molecule has 0 unspecified atom stereocenters. The maximum atomic E-state index is 12.5. The van der Waals surface area contributed by atoms with Crippen LogP contribution in [-0.4, -0.2) is 28.4 Å². The van der Waals surface area contributed by atoms with Crippen molar-refractivity contribution in [3.05, 3.63) is 59.1 Å². The van der Waals surface area contributed by atoms with Crippen LogP contribution in [0, 0.1) is 0 Å². The molecular weight excluding hydrogens is 402 g/mol. The summed E-state index contributed by atoms with van der Waals surface area (Å²) in [5, 5.41) is 8.43. The van der Waals surface area contributed by atoms with E-state index >= 15 is 0 Å². The lowest BCUT2D eigenvalue weighted by atomic mass is 10.2. The van der Waals surface area contributed by atoms with Crippen LogP contribution in [-0.2, 0) is 4.79 Å². The lowest BCUT2D eigenvalue weighted by molar-refractivity contribution is -0.116. The van der Waals surface area contributed by atoms with Crippen LogP contribution in [0.15, 0.2) is 68.7 Å². The first-order chi connectivity index (χ1) is 12.2. The largest absolute Gasteiger partial charge is 0.411 e. The molecule has 0 aliphatic heterocycles. The number of benzene rings is 2. The topological polar surface area (TPSA) is 59.2 Å². The Labute approximate surface area is 158 Å². The van der Waals surface area contributed by atoms with Crippen molar-refractivity contribution in [2.24, 2.45) is 0 Å². The van der Waals surface area contributed by atoms with Crippen LogP contribution in [0.25, 0.3) is 11.5 Å². The highest BCUT2D eigenvalue weighted by atomic mass is 79.9. The van der Waals surface area contributed by atoms with Gasteiger partial charge in [-0.25, -0.2) is 0 Å². The molecule has 1 amide bonds. The van der Waals surface area contributed by atoms with E-state index in [0.717, 1.165) is 15.7 Å². The number of aromatic nitrogens is 2. The summed E-state index contributed by atoms with van der Waals surface area (Å²) in [6.45, 7) is 2.56. The minimum Gasteiger partial charge on any atom is -0.411 e. The Hall–Kier alpha value is -2.12. The summed E-state index contributed by atoms with van der Waals surface area (Å²) in [4.78, 5) is 14.2. The van der Waals surface area contributed by atoms with Gasteiger partial charge in [0, 0.05) is 22.3 Å². The molecule has 1 aromatic heterocycles. The Morgan fingerprint density at radius 3 is 2.52 bits per heavy atom. The van der Waals surface area contributed by atoms with Crippen LogP contribution in [0.5, 0.6) is 0 Å². The van der Waals surface area contributed by atoms with Gasteiger partial charge in [-0.3, -0.25) is 4.79 Å².